The molecule has 1 aromatic heterocycles. The lowest BCUT2D eigenvalue weighted by Gasteiger charge is -2.15. The summed E-state index contributed by atoms with van der Waals surface area (Å²) in [5.41, 5.74) is 2.26. The number of furan rings is 1. The molecule has 0 aliphatic rings. The molecule has 0 fully saturated rings. The fraction of sp³-hybridized carbons (Fsp3) is 0.375. The van der Waals surface area contributed by atoms with Gasteiger partial charge in [0.15, 0.2) is 0 Å². The fourth-order valence-electron chi connectivity index (χ4n) is 2.00. The third-order valence-corrected chi connectivity index (χ3v) is 3.60. The fourth-order valence-corrected chi connectivity index (χ4v) is 2.41. The molecule has 5 heteroatoms. The third-order valence-electron chi connectivity index (χ3n) is 3.11. The Kier molecular flexibility index (Phi) is 6.29. The maximum absolute atomic E-state index is 9.93. The van der Waals surface area contributed by atoms with E-state index in [-0.39, 0.29) is 6.61 Å². The lowest BCUT2D eigenvalue weighted by atomic mass is 10.1. The summed E-state index contributed by atoms with van der Waals surface area (Å²) in [5, 5.41) is 13.2. The van der Waals surface area contributed by atoms with Crippen LogP contribution in [0, 0.1) is 0 Å². The first-order chi connectivity index (χ1) is 10.2. The van der Waals surface area contributed by atoms with Crippen molar-refractivity contribution < 1.29 is 14.3 Å². The van der Waals surface area contributed by atoms with E-state index in [0.29, 0.717) is 13.2 Å². The van der Waals surface area contributed by atoms with Crippen LogP contribution in [-0.2, 0) is 17.8 Å². The van der Waals surface area contributed by atoms with Gasteiger partial charge in [-0.2, -0.15) is 0 Å². The molecule has 0 saturated heterocycles. The van der Waals surface area contributed by atoms with Gasteiger partial charge >= 0.3 is 0 Å². The van der Waals surface area contributed by atoms with Crippen molar-refractivity contribution in [3.8, 4) is 0 Å². The van der Waals surface area contributed by atoms with E-state index in [0.717, 1.165) is 22.3 Å². The minimum Gasteiger partial charge on any atom is -0.467 e. The van der Waals surface area contributed by atoms with Crippen LogP contribution in [-0.4, -0.2) is 24.4 Å². The Bertz CT molecular complexity index is 542. The average molecular weight is 354 g/mol. The molecule has 0 radical (unpaired) electrons. The molecule has 21 heavy (non-hydrogen) atoms. The highest BCUT2D eigenvalue weighted by Gasteiger charge is 2.07. The predicted molar refractivity (Wildman–Crippen MR) is 86.4 cm³/mol. The van der Waals surface area contributed by atoms with Crippen molar-refractivity contribution in [2.75, 3.05) is 18.5 Å². The van der Waals surface area contributed by atoms with Gasteiger partial charge in [-0.25, -0.2) is 0 Å². The minimum atomic E-state index is -0.562. The lowest BCUT2D eigenvalue weighted by molar-refractivity contribution is 0.0282. The van der Waals surface area contributed by atoms with Crippen LogP contribution >= 0.6 is 15.9 Å². The molecule has 1 atom stereocenters. The standard InChI is InChI=1S/C16H20BrNO3/c1-2-12-8-13(17)5-6-16(12)18-9-14(19)10-20-11-15-4-3-7-21-15/h3-8,14,18-19H,2,9-11H2,1H3. The van der Waals surface area contributed by atoms with Crippen LogP contribution in [0.25, 0.3) is 0 Å². The first kappa shape index (κ1) is 16.1. The van der Waals surface area contributed by atoms with Crippen molar-refractivity contribution in [3.05, 3.63) is 52.4 Å². The molecule has 2 rings (SSSR count). The zero-order valence-electron chi connectivity index (χ0n) is 12.0. The monoisotopic (exact) mass is 353 g/mol. The van der Waals surface area contributed by atoms with Gasteiger partial charge in [-0.3, -0.25) is 0 Å². The Labute approximate surface area is 133 Å². The number of aryl methyl sites for hydroxylation is 1. The second-order valence-electron chi connectivity index (χ2n) is 4.78. The largest absolute Gasteiger partial charge is 0.467 e. The molecular formula is C16H20BrNO3. The van der Waals surface area contributed by atoms with Crippen LogP contribution in [0.5, 0.6) is 0 Å². The van der Waals surface area contributed by atoms with E-state index < -0.39 is 6.10 Å². The van der Waals surface area contributed by atoms with Gasteiger partial charge in [-0.1, -0.05) is 22.9 Å². The molecule has 1 aromatic carbocycles. The van der Waals surface area contributed by atoms with E-state index in [1.54, 1.807) is 6.26 Å². The summed E-state index contributed by atoms with van der Waals surface area (Å²) in [5.74, 6) is 0.760. The van der Waals surface area contributed by atoms with Gasteiger partial charge in [-0.15, -0.1) is 0 Å². The summed E-state index contributed by atoms with van der Waals surface area (Å²) in [6, 6.07) is 9.75. The predicted octanol–water partition coefficient (Wildman–Crippen LogP) is 3.59. The summed E-state index contributed by atoms with van der Waals surface area (Å²) in [4.78, 5) is 0. The van der Waals surface area contributed by atoms with Crippen LogP contribution in [0.4, 0.5) is 5.69 Å². The topological polar surface area (TPSA) is 54.6 Å². The number of anilines is 1. The van der Waals surface area contributed by atoms with Gasteiger partial charge in [0.05, 0.1) is 19.0 Å². The van der Waals surface area contributed by atoms with E-state index in [2.05, 4.69) is 34.2 Å². The van der Waals surface area contributed by atoms with Crippen molar-refractivity contribution in [1.29, 1.82) is 0 Å². The molecule has 0 bridgehead atoms. The number of rotatable bonds is 8. The van der Waals surface area contributed by atoms with Gasteiger partial charge in [0.2, 0.25) is 0 Å². The molecule has 1 unspecified atom stereocenters. The number of nitrogens with one attached hydrogen (secondary N) is 1. The summed E-state index contributed by atoms with van der Waals surface area (Å²) >= 11 is 3.46. The first-order valence-electron chi connectivity index (χ1n) is 6.99. The number of ether oxygens (including phenoxy) is 1. The number of halogens is 1. The summed E-state index contributed by atoms with van der Waals surface area (Å²) < 4.78 is 11.6. The molecule has 0 spiro atoms. The highest BCUT2D eigenvalue weighted by Crippen LogP contribution is 2.21. The molecule has 1 heterocycles. The second-order valence-corrected chi connectivity index (χ2v) is 5.70. The molecule has 0 aliphatic carbocycles. The Balaban J connectivity index is 1.74. The normalized spacial score (nSPS) is 12.3. The average Bonchev–Trinajstić information content (AvgIpc) is 2.99. The van der Waals surface area contributed by atoms with Crippen LogP contribution < -0.4 is 5.32 Å². The molecule has 0 saturated carbocycles. The van der Waals surface area contributed by atoms with Crippen molar-refractivity contribution in [1.82, 2.24) is 0 Å². The lowest BCUT2D eigenvalue weighted by Crippen LogP contribution is -2.25. The van der Waals surface area contributed by atoms with Crippen molar-refractivity contribution >= 4 is 21.6 Å². The van der Waals surface area contributed by atoms with Gasteiger partial charge in [-0.05, 0) is 42.3 Å². The minimum absolute atomic E-state index is 0.270. The smallest absolute Gasteiger partial charge is 0.129 e. The Morgan fingerprint density at radius 2 is 2.24 bits per heavy atom. The number of aliphatic hydroxyl groups is 1. The number of benzene rings is 1. The van der Waals surface area contributed by atoms with Crippen LogP contribution in [0.3, 0.4) is 0 Å². The third kappa shape index (κ3) is 5.19. The number of hydrogen-bond donors (Lipinski definition) is 2. The van der Waals surface area contributed by atoms with E-state index >= 15 is 0 Å². The van der Waals surface area contributed by atoms with Crippen molar-refractivity contribution in [2.45, 2.75) is 26.1 Å². The number of hydrogen-bond acceptors (Lipinski definition) is 4. The summed E-state index contributed by atoms with van der Waals surface area (Å²) in [6.45, 7) is 3.21. The molecule has 4 nitrogen and oxygen atoms in total. The maximum Gasteiger partial charge on any atom is 0.129 e. The van der Waals surface area contributed by atoms with E-state index in [9.17, 15) is 5.11 Å². The van der Waals surface area contributed by atoms with Gasteiger partial charge in [0.25, 0.3) is 0 Å². The zero-order valence-corrected chi connectivity index (χ0v) is 13.6. The molecular weight excluding hydrogens is 334 g/mol. The van der Waals surface area contributed by atoms with Crippen LogP contribution in [0.15, 0.2) is 45.5 Å². The van der Waals surface area contributed by atoms with E-state index in [1.165, 1.54) is 5.56 Å². The quantitative estimate of drug-likeness (QED) is 0.761. The summed E-state index contributed by atoms with van der Waals surface area (Å²) in [7, 11) is 0. The molecule has 0 amide bonds. The SMILES string of the molecule is CCc1cc(Br)ccc1NCC(O)COCc1ccco1. The number of aliphatic hydroxyl groups excluding tert-OH is 1. The first-order valence-corrected chi connectivity index (χ1v) is 7.78. The van der Waals surface area contributed by atoms with Crippen molar-refractivity contribution in [2.24, 2.45) is 0 Å². The molecule has 2 N–H and O–H groups in total. The highest BCUT2D eigenvalue weighted by molar-refractivity contribution is 9.10. The molecule has 114 valence electrons. The van der Waals surface area contributed by atoms with E-state index in [1.807, 2.05) is 24.3 Å². The van der Waals surface area contributed by atoms with Gasteiger partial charge in [0.1, 0.15) is 12.4 Å². The van der Waals surface area contributed by atoms with Gasteiger partial charge in [0, 0.05) is 16.7 Å². The van der Waals surface area contributed by atoms with E-state index in [4.69, 9.17) is 9.15 Å². The Morgan fingerprint density at radius 3 is 2.95 bits per heavy atom. The maximum atomic E-state index is 9.93. The highest BCUT2D eigenvalue weighted by atomic mass is 79.9. The Morgan fingerprint density at radius 1 is 1.38 bits per heavy atom. The van der Waals surface area contributed by atoms with Gasteiger partial charge < -0.3 is 19.6 Å². The van der Waals surface area contributed by atoms with Crippen LogP contribution in [0.2, 0.25) is 0 Å². The second kappa shape index (κ2) is 8.22. The van der Waals surface area contributed by atoms with Crippen LogP contribution in [0.1, 0.15) is 18.2 Å². The van der Waals surface area contributed by atoms with Crippen molar-refractivity contribution in [3.63, 3.8) is 0 Å². The Hall–Kier alpha value is -1.30. The zero-order chi connectivity index (χ0) is 15.1. The molecule has 2 aromatic rings. The molecule has 0 aliphatic heterocycles. The summed E-state index contributed by atoms with van der Waals surface area (Å²) in [6.07, 6.45) is 1.98.